The minimum absolute atomic E-state index is 0. The fraction of sp³-hybridized carbons (Fsp3) is 0.500. The smallest absolute Gasteiger partial charge is 0.396 e. The molecule has 1 heterocycles. The molecule has 0 spiro atoms. The summed E-state index contributed by atoms with van der Waals surface area (Å²) >= 11 is 0. The summed E-state index contributed by atoms with van der Waals surface area (Å²) in [7, 11) is 2.22. The van der Waals surface area contributed by atoms with Gasteiger partial charge in [-0.05, 0) is 0 Å². The van der Waals surface area contributed by atoms with Gasteiger partial charge in [0.15, 0.2) is 0 Å². The molecule has 0 saturated carbocycles. The van der Waals surface area contributed by atoms with Gasteiger partial charge in [-0.1, -0.05) is 31.4 Å². The van der Waals surface area contributed by atoms with Crippen molar-refractivity contribution in [2.75, 3.05) is 18.5 Å². The summed E-state index contributed by atoms with van der Waals surface area (Å²) in [6, 6.07) is 3.61. The second-order valence-electron chi connectivity index (χ2n) is 4.66. The van der Waals surface area contributed by atoms with Gasteiger partial charge >= 0.3 is 21.1 Å². The summed E-state index contributed by atoms with van der Waals surface area (Å²) in [5.74, 6) is 0. The van der Waals surface area contributed by atoms with E-state index in [1.165, 1.54) is 54.6 Å². The van der Waals surface area contributed by atoms with Gasteiger partial charge in [0.25, 0.3) is 0 Å². The molecule has 4 heteroatoms. The standard InChI is InChI=1S/C14H17N.B.FH.W/c1-3-10-9-11-5-4-6-12(11)14-13(10)7-8-15(14)2;;;/h1,3-8H2,2H3;;1H;/q-2;;;+2. The van der Waals surface area contributed by atoms with Crippen LogP contribution >= 0.6 is 0 Å². The van der Waals surface area contributed by atoms with Crippen molar-refractivity contribution >= 4 is 14.1 Å². The monoisotopic (exact) mass is 414 g/mol. The van der Waals surface area contributed by atoms with E-state index in [1.807, 2.05) is 0 Å². The first kappa shape index (κ1) is 17.7. The third kappa shape index (κ3) is 2.52. The number of nitrogens with zero attached hydrogens (tertiary/aromatic N) is 1. The van der Waals surface area contributed by atoms with Crippen LogP contribution < -0.4 is 4.90 Å². The van der Waals surface area contributed by atoms with Crippen LogP contribution in [0.15, 0.2) is 0 Å². The van der Waals surface area contributed by atoms with E-state index in [2.05, 4.69) is 24.9 Å². The molecule has 0 saturated heterocycles. The van der Waals surface area contributed by atoms with E-state index in [4.69, 9.17) is 0 Å². The first-order valence-corrected chi connectivity index (χ1v) is 5.90. The zero-order chi connectivity index (χ0) is 10.4. The van der Waals surface area contributed by atoms with Crippen molar-refractivity contribution in [2.45, 2.75) is 32.1 Å². The molecule has 0 atom stereocenters. The summed E-state index contributed by atoms with van der Waals surface area (Å²) in [5.41, 5.74) is 7.49. The van der Waals surface area contributed by atoms with Gasteiger partial charge in [-0.15, -0.1) is 11.1 Å². The molecule has 1 aromatic rings. The van der Waals surface area contributed by atoms with E-state index in [0.29, 0.717) is 0 Å². The van der Waals surface area contributed by atoms with E-state index >= 15 is 0 Å². The van der Waals surface area contributed by atoms with Crippen LogP contribution in [-0.2, 0) is 46.7 Å². The molecule has 0 unspecified atom stereocenters. The van der Waals surface area contributed by atoms with Crippen molar-refractivity contribution in [3.8, 4) is 0 Å². The third-order valence-electron chi connectivity index (χ3n) is 3.78. The molecule has 95 valence electrons. The van der Waals surface area contributed by atoms with E-state index in [1.54, 1.807) is 5.56 Å². The van der Waals surface area contributed by atoms with Gasteiger partial charge < -0.3 is 11.8 Å². The number of fused-ring (bicyclic) bond motifs is 3. The Bertz CT molecular complexity index is 423. The van der Waals surface area contributed by atoms with Crippen molar-refractivity contribution in [3.63, 3.8) is 0 Å². The van der Waals surface area contributed by atoms with Crippen LogP contribution in [-0.4, -0.2) is 22.0 Å². The number of hydrogen-bond acceptors (Lipinski definition) is 1. The van der Waals surface area contributed by atoms with Crippen molar-refractivity contribution < 1.29 is 25.8 Å². The number of aryl methyl sites for hydroxylation is 1. The van der Waals surface area contributed by atoms with Crippen molar-refractivity contribution in [3.05, 3.63) is 35.2 Å². The molecular formula is C14H18BFNW. The van der Waals surface area contributed by atoms with Crippen LogP contribution in [0, 0.1) is 13.0 Å². The number of benzene rings is 1. The molecule has 0 bridgehead atoms. The molecule has 0 aromatic heterocycles. The Labute approximate surface area is 126 Å². The van der Waals surface area contributed by atoms with Crippen molar-refractivity contribution in [2.24, 2.45) is 0 Å². The van der Waals surface area contributed by atoms with Gasteiger partial charge in [0.05, 0.1) is 0 Å². The quantitative estimate of drug-likeness (QED) is 0.503. The van der Waals surface area contributed by atoms with E-state index < -0.39 is 0 Å². The maximum atomic E-state index is 4.03. The Morgan fingerprint density at radius 3 is 2.61 bits per heavy atom. The van der Waals surface area contributed by atoms with Crippen molar-refractivity contribution in [1.82, 2.24) is 0 Å². The van der Waals surface area contributed by atoms with E-state index in [-0.39, 0.29) is 34.2 Å². The fourth-order valence-corrected chi connectivity index (χ4v) is 3.06. The molecular weight excluding hydrogens is 396 g/mol. The molecule has 18 heavy (non-hydrogen) atoms. The first-order valence-electron chi connectivity index (χ1n) is 5.90. The summed E-state index contributed by atoms with van der Waals surface area (Å²) in [5, 5.41) is 0. The van der Waals surface area contributed by atoms with Crippen LogP contribution in [0.25, 0.3) is 0 Å². The van der Waals surface area contributed by atoms with Crippen LogP contribution in [0.5, 0.6) is 0 Å². The van der Waals surface area contributed by atoms with Crippen LogP contribution in [0.2, 0.25) is 0 Å². The van der Waals surface area contributed by atoms with Gasteiger partial charge in [0.1, 0.15) is 0 Å². The van der Waals surface area contributed by atoms with Crippen molar-refractivity contribution in [1.29, 1.82) is 0 Å². The van der Waals surface area contributed by atoms with Gasteiger partial charge in [0.2, 0.25) is 0 Å². The van der Waals surface area contributed by atoms with Gasteiger partial charge in [-0.25, -0.2) is 0 Å². The maximum Gasteiger partial charge on any atom is 2.00 e. The number of halogens is 1. The van der Waals surface area contributed by atoms with Gasteiger partial charge in [-0.2, -0.15) is 23.6 Å². The molecule has 0 fully saturated rings. The molecule has 1 aliphatic heterocycles. The minimum atomic E-state index is 0. The Morgan fingerprint density at radius 2 is 1.94 bits per heavy atom. The topological polar surface area (TPSA) is 3.24 Å². The van der Waals surface area contributed by atoms with E-state index in [9.17, 15) is 0 Å². The van der Waals surface area contributed by atoms with Crippen LogP contribution in [0.4, 0.5) is 10.4 Å². The Morgan fingerprint density at radius 1 is 1.22 bits per heavy atom. The minimum Gasteiger partial charge on any atom is -0.396 e. The first-order chi connectivity index (χ1) is 7.31. The molecule has 3 radical (unpaired) electrons. The predicted molar refractivity (Wildman–Crippen MR) is 71.6 cm³/mol. The van der Waals surface area contributed by atoms with Crippen LogP contribution in [0.1, 0.15) is 28.7 Å². The maximum absolute atomic E-state index is 4.03. The van der Waals surface area contributed by atoms with Gasteiger partial charge in [0, 0.05) is 22.0 Å². The van der Waals surface area contributed by atoms with E-state index in [0.717, 1.165) is 6.42 Å². The molecule has 1 aromatic carbocycles. The second kappa shape index (κ2) is 6.75. The summed E-state index contributed by atoms with van der Waals surface area (Å²) < 4.78 is 0. The summed E-state index contributed by atoms with van der Waals surface area (Å²) in [6.07, 6.45) is 5.88. The zero-order valence-corrected chi connectivity index (χ0v) is 13.7. The number of rotatable bonds is 1. The molecule has 0 N–H and O–H groups in total. The Kier molecular flexibility index (Phi) is 6.64. The van der Waals surface area contributed by atoms with Crippen LogP contribution in [0.3, 0.4) is 0 Å². The number of anilines is 1. The average molecular weight is 414 g/mol. The molecule has 2 aliphatic rings. The zero-order valence-electron chi connectivity index (χ0n) is 10.8. The Hall–Kier alpha value is -0.297. The molecule has 1 aliphatic carbocycles. The predicted octanol–water partition coefficient (Wildman–Crippen LogP) is 2.11. The number of hydrogen-bond donors (Lipinski definition) is 0. The SMILES string of the molecule is F.[B].[CH2-]Cc1[c-]c2c(c3c1CCN3C)CCC2.[W+2]. The summed E-state index contributed by atoms with van der Waals surface area (Å²) in [4.78, 5) is 2.42. The molecule has 0 amide bonds. The normalized spacial score (nSPS) is 15.1. The Balaban J connectivity index is 0.000000963. The molecule has 3 rings (SSSR count). The second-order valence-corrected chi connectivity index (χ2v) is 4.66. The third-order valence-corrected chi connectivity index (χ3v) is 3.78. The van der Waals surface area contributed by atoms with Gasteiger partial charge in [-0.3, -0.25) is 4.70 Å². The fourth-order valence-electron chi connectivity index (χ4n) is 3.06. The molecule has 1 nitrogen and oxygen atoms in total. The summed E-state index contributed by atoms with van der Waals surface area (Å²) in [6.45, 7) is 5.21. The number of likely N-dealkylation sites (N-methyl/N-ethyl adjacent to an activating group) is 1. The largest absolute Gasteiger partial charge is 2.00 e. The average Bonchev–Trinajstić information content (AvgIpc) is 2.83.